The summed E-state index contributed by atoms with van der Waals surface area (Å²) in [5.74, 6) is 0. The first kappa shape index (κ1) is 14.1. The highest BCUT2D eigenvalue weighted by Crippen LogP contribution is 2.12. The molecule has 0 N–H and O–H groups in total. The van der Waals surface area contributed by atoms with Gasteiger partial charge >= 0.3 is 0 Å². The van der Waals surface area contributed by atoms with Crippen molar-refractivity contribution in [1.82, 2.24) is 0 Å². The van der Waals surface area contributed by atoms with Gasteiger partial charge in [-0.2, -0.15) is 0 Å². The maximum Gasteiger partial charge on any atom is 0.0267 e. The van der Waals surface area contributed by atoms with E-state index in [1.165, 1.54) is 64.2 Å². The van der Waals surface area contributed by atoms with E-state index in [2.05, 4.69) is 20.3 Å². The number of hydrogen-bond donors (Lipinski definition) is 0. The Morgan fingerprint density at radius 1 is 0.688 bits per heavy atom. The van der Waals surface area contributed by atoms with Crippen molar-refractivity contribution in [3.8, 4) is 0 Å². The third-order valence-corrected chi connectivity index (χ3v) is 3.07. The van der Waals surface area contributed by atoms with Crippen molar-refractivity contribution in [3.05, 3.63) is 6.42 Å². The molecule has 0 spiro atoms. The summed E-state index contributed by atoms with van der Waals surface area (Å²) in [6.07, 6.45) is 17.9. The van der Waals surface area contributed by atoms with Crippen molar-refractivity contribution in [2.75, 3.05) is 0 Å². The van der Waals surface area contributed by atoms with Crippen molar-refractivity contribution in [1.29, 1.82) is 0 Å². The van der Waals surface area contributed by atoms with E-state index in [4.69, 9.17) is 1.37 Å². The van der Waals surface area contributed by atoms with Crippen LogP contribution in [-0.2, 0) is 0 Å². The quantitative estimate of drug-likeness (QED) is 0.324. The molecule has 0 nitrogen and oxygen atoms in total. The molecule has 0 rings (SSSR count). The highest BCUT2D eigenvalue weighted by atomic mass is 14.0. The minimum Gasteiger partial charge on any atom is -0.0654 e. The molecule has 0 saturated heterocycles. The van der Waals surface area contributed by atoms with Gasteiger partial charge in [0.2, 0.25) is 0 Å². The van der Waals surface area contributed by atoms with Crippen LogP contribution in [-0.4, -0.2) is 0 Å². The molecule has 16 heavy (non-hydrogen) atoms. The van der Waals surface area contributed by atoms with Crippen LogP contribution in [0.3, 0.4) is 0 Å². The number of hydrogen-bond acceptors (Lipinski definition) is 0. The zero-order valence-electron chi connectivity index (χ0n) is 12.6. The molecule has 0 heteroatoms. The summed E-state index contributed by atoms with van der Waals surface area (Å²) in [5.41, 5.74) is 0. The molecule has 0 bridgehead atoms. The second kappa shape index (κ2) is 15.0. The van der Waals surface area contributed by atoms with Crippen LogP contribution in [0.1, 0.15) is 98.7 Å². The zero-order valence-corrected chi connectivity index (χ0v) is 11.6. The second-order valence-electron chi connectivity index (χ2n) is 4.85. The van der Waals surface area contributed by atoms with Crippen LogP contribution in [0.15, 0.2) is 0 Å². The Kier molecular flexibility index (Phi) is 13.2. The number of rotatable bonds is 13. The van der Waals surface area contributed by atoms with Crippen LogP contribution in [0.4, 0.5) is 0 Å². The van der Waals surface area contributed by atoms with Gasteiger partial charge in [-0.15, -0.1) is 0 Å². The molecule has 1 unspecified atom stereocenters. The zero-order chi connectivity index (χ0) is 12.8. The first-order chi connectivity index (χ1) is 8.31. The Morgan fingerprint density at radius 2 is 1.31 bits per heavy atom. The molecule has 0 aliphatic carbocycles. The third kappa shape index (κ3) is 14.0. The molecule has 0 heterocycles. The summed E-state index contributed by atoms with van der Waals surface area (Å²) in [6, 6.07) is 0. The van der Waals surface area contributed by atoms with Crippen molar-refractivity contribution in [3.63, 3.8) is 0 Å². The molecule has 1 radical (unpaired) electrons. The highest BCUT2D eigenvalue weighted by molar-refractivity contribution is 4.62. The Balaban J connectivity index is 3.09. The molecule has 97 valence electrons. The summed E-state index contributed by atoms with van der Waals surface area (Å²) in [7, 11) is 0. The average Bonchev–Trinajstić information content (AvgIpc) is 2.33. The maximum absolute atomic E-state index is 7.95. The lowest BCUT2D eigenvalue weighted by atomic mass is 10.0. The van der Waals surface area contributed by atoms with E-state index in [-0.39, 0.29) is 6.40 Å². The van der Waals surface area contributed by atoms with Crippen LogP contribution in [0.2, 0.25) is 0 Å². The van der Waals surface area contributed by atoms with Crippen LogP contribution >= 0.6 is 0 Å². The van der Waals surface area contributed by atoms with Gasteiger partial charge in [0.05, 0.1) is 0 Å². The van der Waals surface area contributed by atoms with Gasteiger partial charge in [0.1, 0.15) is 0 Å². The average molecular weight is 227 g/mol. The summed E-state index contributed by atoms with van der Waals surface area (Å²) >= 11 is 0. The van der Waals surface area contributed by atoms with Crippen LogP contribution in [0, 0.1) is 6.42 Å². The van der Waals surface area contributed by atoms with Crippen molar-refractivity contribution < 1.29 is 1.37 Å². The van der Waals surface area contributed by atoms with Gasteiger partial charge < -0.3 is 0 Å². The van der Waals surface area contributed by atoms with Crippen molar-refractivity contribution in [2.45, 2.75) is 97.3 Å². The molecule has 0 aromatic heterocycles. The van der Waals surface area contributed by atoms with Crippen LogP contribution in [0.25, 0.3) is 0 Å². The monoisotopic (exact) mass is 227 g/mol. The van der Waals surface area contributed by atoms with E-state index < -0.39 is 0 Å². The Bertz CT molecular complexity index is 133. The summed E-state index contributed by atoms with van der Waals surface area (Å²) in [6.45, 7) is 4.48. The highest BCUT2D eigenvalue weighted by Gasteiger charge is 1.92. The van der Waals surface area contributed by atoms with Gasteiger partial charge in [-0.25, -0.2) is 0 Å². The van der Waals surface area contributed by atoms with E-state index in [0.717, 1.165) is 12.8 Å². The van der Waals surface area contributed by atoms with Crippen molar-refractivity contribution in [2.24, 2.45) is 0 Å². The number of unbranched alkanes of at least 4 members (excludes halogenated alkanes) is 9. The molecular weight excluding hydrogens is 192 g/mol. The molecule has 0 aromatic carbocycles. The Hall–Kier alpha value is 0. The van der Waals surface area contributed by atoms with Gasteiger partial charge in [0, 0.05) is 1.37 Å². The first-order valence-electron chi connectivity index (χ1n) is 8.12. The van der Waals surface area contributed by atoms with Gasteiger partial charge in [0.25, 0.3) is 0 Å². The third-order valence-electron chi connectivity index (χ3n) is 3.07. The fourth-order valence-corrected chi connectivity index (χ4v) is 1.97. The van der Waals surface area contributed by atoms with E-state index in [9.17, 15) is 0 Å². The minimum absolute atomic E-state index is 0.205. The van der Waals surface area contributed by atoms with Crippen LogP contribution < -0.4 is 0 Å². The van der Waals surface area contributed by atoms with Gasteiger partial charge in [-0.1, -0.05) is 97.3 Å². The second-order valence-corrected chi connectivity index (χ2v) is 4.85. The summed E-state index contributed by atoms with van der Waals surface area (Å²) in [4.78, 5) is 0. The molecular formula is C16H33. The molecule has 0 saturated carbocycles. The standard InChI is InChI=1S/C16H33/c1-3-5-7-9-11-13-15-16-14-12-10-8-6-4-2/h7H,3-6,8-16H2,1-2H3/i15T. The molecule has 0 aromatic rings. The lowest BCUT2D eigenvalue weighted by molar-refractivity contribution is 0.554. The van der Waals surface area contributed by atoms with E-state index in [1.54, 1.807) is 0 Å². The molecule has 1 atom stereocenters. The van der Waals surface area contributed by atoms with Gasteiger partial charge in [0.15, 0.2) is 0 Å². The summed E-state index contributed by atoms with van der Waals surface area (Å²) < 4.78 is 7.95. The smallest absolute Gasteiger partial charge is 0.0267 e. The van der Waals surface area contributed by atoms with E-state index in [0.29, 0.717) is 0 Å². The topological polar surface area (TPSA) is 0 Å². The lowest BCUT2D eigenvalue weighted by Gasteiger charge is -2.02. The predicted octanol–water partition coefficient (Wildman–Crippen LogP) is 6.30. The summed E-state index contributed by atoms with van der Waals surface area (Å²) in [5, 5.41) is 0. The molecule has 0 amide bonds. The molecule has 0 aliphatic heterocycles. The molecule has 0 aliphatic rings. The normalized spacial score (nSPS) is 13.8. The maximum atomic E-state index is 7.95. The largest absolute Gasteiger partial charge is 0.0654 e. The fourth-order valence-electron chi connectivity index (χ4n) is 1.97. The lowest BCUT2D eigenvalue weighted by Crippen LogP contribution is -1.82. The first-order valence-corrected chi connectivity index (χ1v) is 7.55. The Labute approximate surface area is 106 Å². The van der Waals surface area contributed by atoms with Gasteiger partial charge in [-0.05, 0) is 6.42 Å². The van der Waals surface area contributed by atoms with Crippen molar-refractivity contribution >= 4 is 0 Å². The van der Waals surface area contributed by atoms with E-state index in [1.807, 2.05) is 0 Å². The predicted molar refractivity (Wildman–Crippen MR) is 75.7 cm³/mol. The SMILES string of the molecule is [3H]C(CCC[CH]CCC)CCCCCCCC. The minimum atomic E-state index is 0.205. The van der Waals surface area contributed by atoms with Crippen LogP contribution in [0.5, 0.6) is 0 Å². The molecule has 0 fully saturated rings. The van der Waals surface area contributed by atoms with E-state index >= 15 is 0 Å². The van der Waals surface area contributed by atoms with Gasteiger partial charge in [-0.3, -0.25) is 0 Å². The fraction of sp³-hybridized carbons (Fsp3) is 0.938. The Morgan fingerprint density at radius 3 is 2.00 bits per heavy atom.